The van der Waals surface area contributed by atoms with Crippen molar-refractivity contribution >= 4 is 11.9 Å². The summed E-state index contributed by atoms with van der Waals surface area (Å²) in [6.07, 6.45) is 5.54. The van der Waals surface area contributed by atoms with Crippen molar-refractivity contribution in [2.75, 3.05) is 32.7 Å². The van der Waals surface area contributed by atoms with Crippen LogP contribution in [0.4, 0.5) is 0 Å². The molecule has 0 bridgehead atoms. The van der Waals surface area contributed by atoms with E-state index in [-0.39, 0.29) is 0 Å². The molecule has 0 spiro atoms. The molecule has 0 amide bonds. The Balaban J connectivity index is 1.57. The third-order valence-corrected chi connectivity index (χ3v) is 6.06. The Kier molecular flexibility index (Phi) is 5.11. The van der Waals surface area contributed by atoms with Crippen molar-refractivity contribution in [1.82, 2.24) is 14.5 Å². The van der Waals surface area contributed by atoms with Crippen LogP contribution >= 0.6 is 11.9 Å². The first-order valence-corrected chi connectivity index (χ1v) is 9.04. The molecule has 1 aromatic rings. The van der Waals surface area contributed by atoms with Crippen LogP contribution in [-0.2, 0) is 0 Å². The second kappa shape index (κ2) is 7.07. The number of piperazine rings is 1. The van der Waals surface area contributed by atoms with E-state index >= 15 is 0 Å². The lowest BCUT2D eigenvalue weighted by Crippen LogP contribution is -2.51. The Hall–Kier alpha value is -0.970. The van der Waals surface area contributed by atoms with Crippen LogP contribution in [0.5, 0.6) is 0 Å². The van der Waals surface area contributed by atoms with Gasteiger partial charge in [0.05, 0.1) is 0 Å². The van der Waals surface area contributed by atoms with Gasteiger partial charge in [0.25, 0.3) is 0 Å². The minimum atomic E-state index is 0.681. The van der Waals surface area contributed by atoms with Crippen molar-refractivity contribution in [2.45, 2.75) is 38.1 Å². The lowest BCUT2D eigenvalue weighted by atomic mass is 10.1. The summed E-state index contributed by atoms with van der Waals surface area (Å²) >= 11 is 1.95. The minimum Gasteiger partial charge on any atom is -0.390 e. The van der Waals surface area contributed by atoms with Crippen LogP contribution in [-0.4, -0.2) is 48.0 Å². The molecule has 2 aliphatic heterocycles. The standard InChI is InChI=1S/C18H27N3S/c1-14-11-15(2)18(16(3)12-14)22-21-9-7-20(8-10-21)17-5-4-6-19-13-17/h4,6,11-12,17,19H,5,7-10,13H2,1-3H3. The molecule has 1 fully saturated rings. The fourth-order valence-electron chi connectivity index (χ4n) is 3.47. The largest absolute Gasteiger partial charge is 0.390 e. The molecule has 3 rings (SSSR count). The summed E-state index contributed by atoms with van der Waals surface area (Å²) in [7, 11) is 0. The Morgan fingerprint density at radius 2 is 1.73 bits per heavy atom. The maximum atomic E-state index is 3.36. The summed E-state index contributed by atoms with van der Waals surface area (Å²) < 4.78 is 2.53. The quantitative estimate of drug-likeness (QED) is 0.863. The van der Waals surface area contributed by atoms with E-state index in [1.807, 2.05) is 11.9 Å². The number of nitrogens with one attached hydrogen (secondary N) is 1. The summed E-state index contributed by atoms with van der Waals surface area (Å²) in [6, 6.07) is 5.28. The van der Waals surface area contributed by atoms with Crippen LogP contribution in [0.3, 0.4) is 0 Å². The molecule has 120 valence electrons. The van der Waals surface area contributed by atoms with Crippen molar-refractivity contribution in [3.8, 4) is 0 Å². The van der Waals surface area contributed by atoms with Crippen LogP contribution < -0.4 is 5.32 Å². The number of aryl methyl sites for hydroxylation is 3. The number of hydrogen-bond donors (Lipinski definition) is 1. The van der Waals surface area contributed by atoms with E-state index < -0.39 is 0 Å². The van der Waals surface area contributed by atoms with Crippen molar-refractivity contribution in [3.05, 3.63) is 41.1 Å². The van der Waals surface area contributed by atoms with Gasteiger partial charge in [-0.2, -0.15) is 0 Å². The second-order valence-corrected chi connectivity index (χ2v) is 7.59. The molecule has 0 aliphatic carbocycles. The number of nitrogens with zero attached hydrogens (tertiary/aromatic N) is 2. The highest BCUT2D eigenvalue weighted by atomic mass is 32.2. The Labute approximate surface area is 138 Å². The maximum Gasteiger partial charge on any atom is 0.0304 e. The molecule has 22 heavy (non-hydrogen) atoms. The third kappa shape index (κ3) is 3.67. The van der Waals surface area contributed by atoms with E-state index in [9.17, 15) is 0 Å². The predicted molar refractivity (Wildman–Crippen MR) is 95.2 cm³/mol. The first-order valence-electron chi connectivity index (χ1n) is 8.26. The van der Waals surface area contributed by atoms with Gasteiger partial charge in [-0.1, -0.05) is 23.8 Å². The molecule has 1 saturated heterocycles. The Morgan fingerprint density at radius 3 is 2.32 bits per heavy atom. The fourth-order valence-corrected chi connectivity index (χ4v) is 4.48. The smallest absolute Gasteiger partial charge is 0.0304 e. The van der Waals surface area contributed by atoms with Gasteiger partial charge >= 0.3 is 0 Å². The molecule has 4 heteroatoms. The third-order valence-electron chi connectivity index (χ3n) is 4.61. The average molecular weight is 318 g/mol. The van der Waals surface area contributed by atoms with E-state index in [0.717, 1.165) is 19.6 Å². The van der Waals surface area contributed by atoms with E-state index in [1.54, 1.807) is 0 Å². The Bertz CT molecular complexity index is 524. The molecule has 0 saturated carbocycles. The highest BCUT2D eigenvalue weighted by Crippen LogP contribution is 2.31. The normalized spacial score (nSPS) is 23.5. The molecule has 0 radical (unpaired) electrons. The fraction of sp³-hybridized carbons (Fsp3) is 0.556. The summed E-state index contributed by atoms with van der Waals surface area (Å²) in [5.74, 6) is 0. The van der Waals surface area contributed by atoms with E-state index in [0.29, 0.717) is 6.04 Å². The number of rotatable bonds is 3. The van der Waals surface area contributed by atoms with E-state index in [1.165, 1.54) is 41.1 Å². The molecule has 2 aliphatic rings. The van der Waals surface area contributed by atoms with Crippen LogP contribution in [0.15, 0.2) is 29.3 Å². The van der Waals surface area contributed by atoms with Gasteiger partial charge in [-0.3, -0.25) is 4.90 Å². The first kappa shape index (κ1) is 15.9. The Morgan fingerprint density at radius 1 is 1.05 bits per heavy atom. The molecular weight excluding hydrogens is 290 g/mol. The van der Waals surface area contributed by atoms with E-state index in [2.05, 4.69) is 59.7 Å². The van der Waals surface area contributed by atoms with Gasteiger partial charge < -0.3 is 5.32 Å². The molecule has 1 atom stereocenters. The lowest BCUT2D eigenvalue weighted by Gasteiger charge is -2.39. The molecule has 1 unspecified atom stereocenters. The van der Waals surface area contributed by atoms with Gasteiger partial charge in [-0.05, 0) is 56.5 Å². The zero-order valence-corrected chi connectivity index (χ0v) is 14.7. The highest BCUT2D eigenvalue weighted by Gasteiger charge is 2.24. The summed E-state index contributed by atoms with van der Waals surface area (Å²) in [5, 5.41) is 3.36. The van der Waals surface area contributed by atoms with Crippen LogP contribution in [0, 0.1) is 20.8 Å². The van der Waals surface area contributed by atoms with Gasteiger partial charge in [0.2, 0.25) is 0 Å². The molecule has 3 nitrogen and oxygen atoms in total. The highest BCUT2D eigenvalue weighted by molar-refractivity contribution is 7.97. The van der Waals surface area contributed by atoms with Crippen molar-refractivity contribution in [2.24, 2.45) is 0 Å². The van der Waals surface area contributed by atoms with Gasteiger partial charge in [0.15, 0.2) is 0 Å². The minimum absolute atomic E-state index is 0.681. The monoisotopic (exact) mass is 317 g/mol. The predicted octanol–water partition coefficient (Wildman–Crippen LogP) is 3.11. The maximum absolute atomic E-state index is 3.36. The van der Waals surface area contributed by atoms with Gasteiger partial charge in [0, 0.05) is 43.7 Å². The zero-order valence-electron chi connectivity index (χ0n) is 13.9. The van der Waals surface area contributed by atoms with Crippen molar-refractivity contribution < 1.29 is 0 Å². The van der Waals surface area contributed by atoms with Crippen LogP contribution in [0.1, 0.15) is 23.1 Å². The second-order valence-electron chi connectivity index (χ2n) is 6.48. The van der Waals surface area contributed by atoms with Gasteiger partial charge in [0.1, 0.15) is 0 Å². The summed E-state index contributed by atoms with van der Waals surface area (Å²) in [6.45, 7) is 12.4. The molecular formula is C18H27N3S. The lowest BCUT2D eigenvalue weighted by molar-refractivity contribution is 0.140. The van der Waals surface area contributed by atoms with Crippen molar-refractivity contribution in [3.63, 3.8) is 0 Å². The SMILES string of the molecule is Cc1cc(C)c(SN2CCN(C3CC=CNC3)CC2)c(C)c1. The van der Waals surface area contributed by atoms with Crippen molar-refractivity contribution in [1.29, 1.82) is 0 Å². The number of hydrogen-bond acceptors (Lipinski definition) is 4. The average Bonchev–Trinajstić information content (AvgIpc) is 2.52. The summed E-state index contributed by atoms with van der Waals surface area (Å²) in [4.78, 5) is 4.09. The first-order chi connectivity index (χ1) is 10.6. The van der Waals surface area contributed by atoms with E-state index in [4.69, 9.17) is 0 Å². The molecule has 1 aromatic carbocycles. The van der Waals surface area contributed by atoms with Gasteiger partial charge in [-0.15, -0.1) is 0 Å². The molecule has 0 aromatic heterocycles. The number of benzene rings is 1. The van der Waals surface area contributed by atoms with Crippen LogP contribution in [0.25, 0.3) is 0 Å². The zero-order chi connectivity index (χ0) is 15.5. The summed E-state index contributed by atoms with van der Waals surface area (Å²) in [5.41, 5.74) is 4.18. The van der Waals surface area contributed by atoms with Crippen LogP contribution in [0.2, 0.25) is 0 Å². The topological polar surface area (TPSA) is 18.5 Å². The molecule has 1 N–H and O–H groups in total. The molecule has 2 heterocycles. The van der Waals surface area contributed by atoms with Gasteiger partial charge in [-0.25, -0.2) is 4.31 Å².